The third kappa shape index (κ3) is 2.95. The highest BCUT2D eigenvalue weighted by Gasteiger charge is 2.53. The lowest BCUT2D eigenvalue weighted by atomic mass is 9.69. The molecule has 0 aromatic heterocycles. The minimum Gasteiger partial charge on any atom is -0.489 e. The van der Waals surface area contributed by atoms with Crippen molar-refractivity contribution in [2.45, 2.75) is 72.2 Å². The molecule has 0 amide bonds. The molecule has 0 radical (unpaired) electrons. The normalized spacial score (nSPS) is 48.8. The molecule has 2 aliphatic rings. The van der Waals surface area contributed by atoms with E-state index in [0.29, 0.717) is 12.2 Å². The Balaban J connectivity index is 2.18. The zero-order valence-electron chi connectivity index (χ0n) is 12.3. The van der Waals surface area contributed by atoms with Gasteiger partial charge in [-0.2, -0.15) is 0 Å². The van der Waals surface area contributed by atoms with E-state index in [2.05, 4.69) is 45.4 Å². The van der Waals surface area contributed by atoms with E-state index in [-0.39, 0.29) is 26.0 Å². The maximum atomic E-state index is 11.1. The van der Waals surface area contributed by atoms with Crippen LogP contribution in [0.25, 0.3) is 0 Å². The Bertz CT molecular complexity index is 411. The Labute approximate surface area is 143 Å². The van der Waals surface area contributed by atoms with Gasteiger partial charge in [0.25, 0.3) is 0 Å². The second-order valence-electron chi connectivity index (χ2n) is 6.94. The van der Waals surface area contributed by atoms with Crippen LogP contribution in [-0.4, -0.2) is 30.8 Å². The van der Waals surface area contributed by atoms with Crippen LogP contribution in [0.1, 0.15) is 46.5 Å². The zero-order chi connectivity index (χ0) is 15.3. The molecule has 2 nitrogen and oxygen atoms in total. The van der Waals surface area contributed by atoms with Crippen LogP contribution < -0.4 is 0 Å². The van der Waals surface area contributed by atoms with E-state index >= 15 is 0 Å². The second kappa shape index (κ2) is 5.43. The van der Waals surface area contributed by atoms with Gasteiger partial charge in [0.05, 0.1) is 9.70 Å². The number of hydrogen-bond acceptors (Lipinski definition) is 2. The van der Waals surface area contributed by atoms with Gasteiger partial charge in [-0.05, 0) is 52.4 Å². The fourth-order valence-corrected chi connectivity index (χ4v) is 4.62. The summed E-state index contributed by atoms with van der Waals surface area (Å²) >= 11 is 13.8. The van der Waals surface area contributed by atoms with Crippen molar-refractivity contribution in [1.82, 2.24) is 0 Å². The first-order valence-corrected chi connectivity index (χ1v) is 9.28. The number of alkyl halides is 3. The summed E-state index contributed by atoms with van der Waals surface area (Å²) < 4.78 is 5.90. The number of ether oxygens (including phenoxy) is 1. The Morgan fingerprint density at radius 2 is 1.90 bits per heavy atom. The molecule has 20 heavy (non-hydrogen) atoms. The first-order valence-electron chi connectivity index (χ1n) is 7.07. The van der Waals surface area contributed by atoms with Crippen molar-refractivity contribution in [3.8, 4) is 0 Å². The van der Waals surface area contributed by atoms with E-state index in [1.165, 1.54) is 0 Å². The molecule has 1 saturated carbocycles. The summed E-state index contributed by atoms with van der Waals surface area (Å²) in [5.74, 6) is 0.628. The lowest BCUT2D eigenvalue weighted by Crippen LogP contribution is -2.56. The molecule has 1 aliphatic carbocycles. The minimum absolute atomic E-state index is 0.101. The molecule has 1 saturated heterocycles. The molecular formula is C15H23Br2ClO2. The van der Waals surface area contributed by atoms with Gasteiger partial charge in [0.1, 0.15) is 17.0 Å². The highest BCUT2D eigenvalue weighted by molar-refractivity contribution is 9.09. The summed E-state index contributed by atoms with van der Waals surface area (Å²) in [5, 5.41) is 11.1. The van der Waals surface area contributed by atoms with Crippen molar-refractivity contribution < 1.29 is 9.84 Å². The predicted molar refractivity (Wildman–Crippen MR) is 90.9 cm³/mol. The van der Waals surface area contributed by atoms with Crippen molar-refractivity contribution in [3.05, 3.63) is 12.3 Å². The SMILES string of the molecule is C=C1OC(C)(C)C(Br)CC1(O)C1CCC(C)(Cl)C(Br)C1. The molecule has 0 aromatic carbocycles. The fraction of sp³-hybridized carbons (Fsp3) is 0.867. The number of aliphatic hydroxyl groups is 1. The summed E-state index contributed by atoms with van der Waals surface area (Å²) in [6, 6.07) is 0. The van der Waals surface area contributed by atoms with Gasteiger partial charge in [0.2, 0.25) is 0 Å². The van der Waals surface area contributed by atoms with Crippen LogP contribution in [0, 0.1) is 5.92 Å². The number of rotatable bonds is 1. The smallest absolute Gasteiger partial charge is 0.125 e. The van der Waals surface area contributed by atoms with Gasteiger partial charge < -0.3 is 9.84 Å². The lowest BCUT2D eigenvalue weighted by Gasteiger charge is -2.51. The van der Waals surface area contributed by atoms with E-state index < -0.39 is 5.60 Å². The van der Waals surface area contributed by atoms with Gasteiger partial charge in [0, 0.05) is 4.83 Å². The van der Waals surface area contributed by atoms with Crippen LogP contribution in [0.5, 0.6) is 0 Å². The van der Waals surface area contributed by atoms with Gasteiger partial charge in [-0.1, -0.05) is 38.4 Å². The van der Waals surface area contributed by atoms with E-state index in [1.54, 1.807) is 0 Å². The minimum atomic E-state index is -0.969. The molecule has 5 atom stereocenters. The van der Waals surface area contributed by atoms with Crippen LogP contribution in [0.4, 0.5) is 0 Å². The summed E-state index contributed by atoms with van der Waals surface area (Å²) in [5.41, 5.74) is -1.31. The monoisotopic (exact) mass is 428 g/mol. The van der Waals surface area contributed by atoms with E-state index in [4.69, 9.17) is 16.3 Å². The Morgan fingerprint density at radius 1 is 1.30 bits per heavy atom. The molecule has 2 fully saturated rings. The molecule has 1 aliphatic heterocycles. The van der Waals surface area contributed by atoms with Crippen molar-refractivity contribution >= 4 is 43.5 Å². The molecule has 1 heterocycles. The van der Waals surface area contributed by atoms with Crippen LogP contribution in [-0.2, 0) is 4.74 Å². The largest absolute Gasteiger partial charge is 0.489 e. The van der Waals surface area contributed by atoms with Gasteiger partial charge in [0.15, 0.2) is 0 Å². The molecular weight excluding hydrogens is 407 g/mol. The molecule has 116 valence electrons. The van der Waals surface area contributed by atoms with Gasteiger partial charge in [-0.3, -0.25) is 0 Å². The molecule has 0 aromatic rings. The standard InChI is InChI=1S/C15H23Br2ClO2/c1-9-15(19,8-12(17)13(2,3)20-9)10-5-6-14(4,18)11(16)7-10/h10-12,19H,1,5-8H2,2-4H3. The molecule has 1 N–H and O–H groups in total. The van der Waals surface area contributed by atoms with Gasteiger partial charge in [-0.15, -0.1) is 11.6 Å². The van der Waals surface area contributed by atoms with Crippen LogP contribution in [0.3, 0.4) is 0 Å². The molecule has 5 heteroatoms. The average molecular weight is 431 g/mol. The maximum absolute atomic E-state index is 11.1. The zero-order valence-corrected chi connectivity index (χ0v) is 16.2. The predicted octanol–water partition coefficient (Wildman–Crippen LogP) is 4.75. The molecule has 0 spiro atoms. The Hall–Kier alpha value is 0.750. The number of halogens is 3. The second-order valence-corrected chi connectivity index (χ2v) is 10.0. The number of hydrogen-bond donors (Lipinski definition) is 1. The third-order valence-electron chi connectivity index (χ3n) is 4.92. The van der Waals surface area contributed by atoms with E-state index in [0.717, 1.165) is 19.3 Å². The van der Waals surface area contributed by atoms with Gasteiger partial charge >= 0.3 is 0 Å². The van der Waals surface area contributed by atoms with Crippen molar-refractivity contribution in [2.24, 2.45) is 5.92 Å². The van der Waals surface area contributed by atoms with Crippen molar-refractivity contribution in [3.63, 3.8) is 0 Å². The highest BCUT2D eigenvalue weighted by atomic mass is 79.9. The van der Waals surface area contributed by atoms with Gasteiger partial charge in [-0.25, -0.2) is 0 Å². The summed E-state index contributed by atoms with van der Waals surface area (Å²) in [6.07, 6.45) is 3.23. The highest BCUT2D eigenvalue weighted by Crippen LogP contribution is 2.51. The van der Waals surface area contributed by atoms with Crippen LogP contribution in [0.15, 0.2) is 12.3 Å². The first-order chi connectivity index (χ1) is 8.99. The van der Waals surface area contributed by atoms with Crippen LogP contribution >= 0.6 is 43.5 Å². The molecule has 2 rings (SSSR count). The fourth-order valence-electron chi connectivity index (χ4n) is 3.16. The summed E-state index contributed by atoms with van der Waals surface area (Å²) in [6.45, 7) is 10.1. The van der Waals surface area contributed by atoms with E-state index in [1.807, 2.05) is 13.8 Å². The Morgan fingerprint density at radius 3 is 2.45 bits per heavy atom. The quantitative estimate of drug-likeness (QED) is 0.608. The summed E-state index contributed by atoms with van der Waals surface area (Å²) in [4.78, 5) is 0.0519. The lowest BCUT2D eigenvalue weighted by molar-refractivity contribution is -0.126. The Kier molecular flexibility index (Phi) is 4.65. The first kappa shape index (κ1) is 17.1. The van der Waals surface area contributed by atoms with E-state index in [9.17, 15) is 5.11 Å². The topological polar surface area (TPSA) is 29.5 Å². The third-order valence-corrected chi connectivity index (χ3v) is 8.44. The van der Waals surface area contributed by atoms with Crippen LogP contribution in [0.2, 0.25) is 0 Å². The van der Waals surface area contributed by atoms with Crippen molar-refractivity contribution in [2.75, 3.05) is 0 Å². The molecule has 0 bridgehead atoms. The molecule has 5 unspecified atom stereocenters. The average Bonchev–Trinajstić information content (AvgIpc) is 2.30. The van der Waals surface area contributed by atoms with Crippen molar-refractivity contribution in [1.29, 1.82) is 0 Å². The maximum Gasteiger partial charge on any atom is 0.125 e. The summed E-state index contributed by atoms with van der Waals surface area (Å²) in [7, 11) is 0.